The molecule has 1 saturated heterocycles. The molecule has 2 N–H and O–H groups in total. The van der Waals surface area contributed by atoms with Crippen LogP contribution >= 0.6 is 0 Å². The van der Waals surface area contributed by atoms with Gasteiger partial charge in [0.2, 0.25) is 5.91 Å². The lowest BCUT2D eigenvalue weighted by Crippen LogP contribution is -2.47. The summed E-state index contributed by atoms with van der Waals surface area (Å²) in [5, 5.41) is 11.8. The van der Waals surface area contributed by atoms with Crippen LogP contribution in [0.2, 0.25) is 0 Å². The van der Waals surface area contributed by atoms with Crippen molar-refractivity contribution in [3.05, 3.63) is 29.8 Å². The maximum Gasteiger partial charge on any atom is 0.335 e. The number of nitrogens with one attached hydrogen (secondary N) is 1. The summed E-state index contributed by atoms with van der Waals surface area (Å²) in [6.45, 7) is 12.3. The molecule has 0 bridgehead atoms. The first-order valence-corrected chi connectivity index (χ1v) is 7.37. The summed E-state index contributed by atoms with van der Waals surface area (Å²) in [7, 11) is 0. The molecule has 1 aromatic rings. The summed E-state index contributed by atoms with van der Waals surface area (Å²) < 4.78 is 0. The van der Waals surface area contributed by atoms with Gasteiger partial charge in [0.15, 0.2) is 0 Å². The minimum absolute atomic E-state index is 0.0407. The lowest BCUT2D eigenvalue weighted by Gasteiger charge is -2.29. The Kier molecular flexibility index (Phi) is 3.61. The monoisotopic (exact) mass is 304 g/mol. The van der Waals surface area contributed by atoms with E-state index in [2.05, 4.69) is 37.9 Å². The topological polar surface area (TPSA) is 69.4 Å². The highest BCUT2D eigenvalue weighted by Crippen LogP contribution is 2.55. The maximum atomic E-state index is 12.6. The average molecular weight is 304 g/mol. The molecule has 1 fully saturated rings. The highest BCUT2D eigenvalue weighted by atomic mass is 16.4. The molecule has 0 radical (unpaired) electrons. The van der Waals surface area contributed by atoms with Gasteiger partial charge in [-0.1, -0.05) is 0 Å². The fraction of sp³-hybridized carbons (Fsp3) is 0.529. The van der Waals surface area contributed by atoms with Gasteiger partial charge in [0.1, 0.15) is 0 Å². The highest BCUT2D eigenvalue weighted by Gasteiger charge is 2.69. The number of amides is 1. The zero-order valence-electron chi connectivity index (χ0n) is 14.0. The van der Waals surface area contributed by atoms with Crippen molar-refractivity contribution in [2.45, 2.75) is 58.2 Å². The van der Waals surface area contributed by atoms with E-state index in [4.69, 9.17) is 5.11 Å². The third-order valence-corrected chi connectivity index (χ3v) is 5.07. The van der Waals surface area contributed by atoms with E-state index in [1.807, 2.05) is 13.8 Å². The standard InChI is InChI=1S/C17H24N2O3/c1-15(2,19-16(3,4)17(19,5)6)14(22)18-12-9-7-11(8-10-12)13(20)21/h7-10H,1-6H3,(H,18,22)(H,20,21). The molecule has 1 aromatic carbocycles. The van der Waals surface area contributed by atoms with Gasteiger partial charge in [0.05, 0.1) is 11.1 Å². The van der Waals surface area contributed by atoms with Crippen LogP contribution in [-0.2, 0) is 4.79 Å². The van der Waals surface area contributed by atoms with Crippen molar-refractivity contribution in [1.82, 2.24) is 4.90 Å². The summed E-state index contributed by atoms with van der Waals surface area (Å²) in [6, 6.07) is 6.18. The van der Waals surface area contributed by atoms with Crippen LogP contribution in [0.3, 0.4) is 0 Å². The number of nitrogens with zero attached hydrogens (tertiary/aromatic N) is 1. The first-order valence-electron chi connectivity index (χ1n) is 7.37. The largest absolute Gasteiger partial charge is 0.478 e. The molecule has 0 atom stereocenters. The van der Waals surface area contributed by atoms with Crippen molar-refractivity contribution in [2.75, 3.05) is 5.32 Å². The second kappa shape index (κ2) is 4.81. The molecule has 0 saturated carbocycles. The van der Waals surface area contributed by atoms with Gasteiger partial charge in [-0.3, -0.25) is 9.69 Å². The average Bonchev–Trinajstić information content (AvgIpc) is 2.80. The van der Waals surface area contributed by atoms with Gasteiger partial charge in [-0.15, -0.1) is 0 Å². The summed E-state index contributed by atoms with van der Waals surface area (Å²) >= 11 is 0. The first kappa shape index (κ1) is 16.5. The Balaban J connectivity index is 2.14. The predicted molar refractivity (Wildman–Crippen MR) is 86.1 cm³/mol. The Morgan fingerprint density at radius 3 is 1.86 bits per heavy atom. The molecular formula is C17H24N2O3. The Hall–Kier alpha value is -1.88. The Morgan fingerprint density at radius 2 is 1.50 bits per heavy atom. The number of carbonyl (C=O) groups is 2. The van der Waals surface area contributed by atoms with Crippen LogP contribution in [0.5, 0.6) is 0 Å². The molecule has 5 nitrogen and oxygen atoms in total. The van der Waals surface area contributed by atoms with Gasteiger partial charge in [-0.2, -0.15) is 0 Å². The lowest BCUT2D eigenvalue weighted by molar-refractivity contribution is -0.124. The van der Waals surface area contributed by atoms with Crippen LogP contribution in [-0.4, -0.2) is 38.5 Å². The lowest BCUT2D eigenvalue weighted by atomic mass is 10.0. The summed E-state index contributed by atoms with van der Waals surface area (Å²) in [6.07, 6.45) is 0. The normalized spacial score (nSPS) is 19.5. The van der Waals surface area contributed by atoms with Crippen molar-refractivity contribution >= 4 is 17.6 Å². The van der Waals surface area contributed by atoms with Gasteiger partial charge in [-0.05, 0) is 65.8 Å². The zero-order valence-corrected chi connectivity index (χ0v) is 14.0. The molecular weight excluding hydrogens is 280 g/mol. The van der Waals surface area contributed by atoms with E-state index >= 15 is 0 Å². The van der Waals surface area contributed by atoms with E-state index in [1.54, 1.807) is 12.1 Å². The first-order chi connectivity index (χ1) is 9.92. The molecule has 1 aliphatic heterocycles. The van der Waals surface area contributed by atoms with E-state index in [0.29, 0.717) is 5.69 Å². The smallest absolute Gasteiger partial charge is 0.335 e. The molecule has 0 spiro atoms. The molecule has 0 unspecified atom stereocenters. The van der Waals surface area contributed by atoms with Crippen LogP contribution < -0.4 is 5.32 Å². The van der Waals surface area contributed by atoms with E-state index in [-0.39, 0.29) is 22.5 Å². The van der Waals surface area contributed by atoms with Gasteiger partial charge in [0, 0.05) is 16.8 Å². The van der Waals surface area contributed by atoms with Crippen LogP contribution in [0, 0.1) is 0 Å². The fourth-order valence-corrected chi connectivity index (χ4v) is 3.40. The van der Waals surface area contributed by atoms with Gasteiger partial charge in [-0.25, -0.2) is 4.79 Å². The Bertz CT molecular complexity index is 601. The van der Waals surface area contributed by atoms with Crippen molar-refractivity contribution < 1.29 is 14.7 Å². The molecule has 120 valence electrons. The van der Waals surface area contributed by atoms with Crippen LogP contribution in [0.25, 0.3) is 0 Å². The molecule has 2 rings (SSSR count). The number of hydrogen-bond donors (Lipinski definition) is 2. The summed E-state index contributed by atoms with van der Waals surface area (Å²) in [4.78, 5) is 25.7. The second-order valence-corrected chi connectivity index (χ2v) is 7.35. The number of anilines is 1. The minimum atomic E-state index is -0.981. The van der Waals surface area contributed by atoms with Crippen molar-refractivity contribution in [2.24, 2.45) is 0 Å². The second-order valence-electron chi connectivity index (χ2n) is 7.35. The molecule has 22 heavy (non-hydrogen) atoms. The SMILES string of the molecule is CC(C)(C(=O)Nc1ccc(C(=O)O)cc1)N1C(C)(C)C1(C)C. The third-order valence-electron chi connectivity index (χ3n) is 5.07. The van der Waals surface area contributed by atoms with Crippen molar-refractivity contribution in [3.8, 4) is 0 Å². The Morgan fingerprint density at radius 1 is 1.05 bits per heavy atom. The number of carboxylic acid groups (broad SMARTS) is 1. The highest BCUT2D eigenvalue weighted by molar-refractivity contribution is 5.98. The number of carboxylic acids is 1. The van der Waals surface area contributed by atoms with Crippen molar-refractivity contribution in [1.29, 1.82) is 0 Å². The number of carbonyl (C=O) groups excluding carboxylic acids is 1. The molecule has 1 heterocycles. The van der Waals surface area contributed by atoms with Gasteiger partial charge in [0.25, 0.3) is 0 Å². The van der Waals surface area contributed by atoms with E-state index in [9.17, 15) is 9.59 Å². The summed E-state index contributed by atoms with van der Waals surface area (Å²) in [5.74, 6) is -1.08. The molecule has 1 aliphatic rings. The number of hydrogen-bond acceptors (Lipinski definition) is 3. The van der Waals surface area contributed by atoms with Crippen molar-refractivity contribution in [3.63, 3.8) is 0 Å². The van der Waals surface area contributed by atoms with E-state index in [1.165, 1.54) is 12.1 Å². The number of aromatic carboxylic acids is 1. The van der Waals surface area contributed by atoms with Crippen LogP contribution in [0.1, 0.15) is 51.9 Å². The summed E-state index contributed by atoms with van der Waals surface area (Å²) in [5.41, 5.74) is 0.0616. The Labute approximate surface area is 131 Å². The molecule has 1 amide bonds. The quantitative estimate of drug-likeness (QED) is 0.839. The van der Waals surface area contributed by atoms with E-state index in [0.717, 1.165) is 0 Å². The molecule has 0 aliphatic carbocycles. The van der Waals surface area contributed by atoms with Gasteiger partial charge >= 0.3 is 5.97 Å². The van der Waals surface area contributed by atoms with Gasteiger partial charge < -0.3 is 10.4 Å². The maximum absolute atomic E-state index is 12.6. The van der Waals surface area contributed by atoms with E-state index < -0.39 is 11.5 Å². The minimum Gasteiger partial charge on any atom is -0.478 e. The zero-order chi connectivity index (χ0) is 16.9. The number of benzene rings is 1. The third kappa shape index (κ3) is 2.39. The van der Waals surface area contributed by atoms with Crippen LogP contribution in [0.4, 0.5) is 5.69 Å². The van der Waals surface area contributed by atoms with Crippen LogP contribution in [0.15, 0.2) is 24.3 Å². The molecule has 0 aromatic heterocycles. The molecule has 5 heteroatoms. The predicted octanol–water partition coefficient (Wildman–Crippen LogP) is 2.97. The fourth-order valence-electron chi connectivity index (χ4n) is 3.40. The number of rotatable bonds is 4.